The molecule has 1 aliphatic carbocycles. The third kappa shape index (κ3) is 9.75. The van der Waals surface area contributed by atoms with Crippen molar-refractivity contribution >= 4 is 26.0 Å². The molecule has 2 aliphatic rings. The van der Waals surface area contributed by atoms with Crippen LogP contribution in [0.25, 0.3) is 0 Å². The third-order valence-electron chi connectivity index (χ3n) is 6.45. The minimum Gasteiger partial charge on any atom is -0.475 e. The number of nitrogens with zero attached hydrogens (tertiary/aromatic N) is 2. The standard InChI is InChI=1S/C21H35N3O5S2.C2HF3O2/c1-29-17-15-24(16-18-30(25,26)23-13-11-22-12-14-23)31(27,28)21-9-7-20(8-10-21)19-5-3-2-4-6-19;3-2(4,5)1(6)7/h7-10,19,22H,2-6,11-18H2,1H3;(H,6,7). The Morgan fingerprint density at radius 1 is 1.05 bits per heavy atom. The molecule has 1 aliphatic heterocycles. The van der Waals surface area contributed by atoms with Crippen LogP contribution < -0.4 is 5.32 Å². The third-order valence-corrected chi connectivity index (χ3v) is 10.2. The van der Waals surface area contributed by atoms with E-state index in [4.69, 9.17) is 14.6 Å². The monoisotopic (exact) mass is 587 g/mol. The SMILES string of the molecule is COCCN(CCS(=O)(=O)N1CCNCC1)S(=O)(=O)c1ccc(C2CCCCC2)cc1.O=C(O)C(F)(F)F. The maximum absolute atomic E-state index is 13.3. The average Bonchev–Trinajstić information content (AvgIpc) is 2.89. The van der Waals surface area contributed by atoms with E-state index in [2.05, 4.69) is 5.32 Å². The number of alkyl halides is 3. The number of carboxylic acids is 1. The second-order valence-corrected chi connectivity index (χ2v) is 13.1. The lowest BCUT2D eigenvalue weighted by atomic mass is 9.84. The van der Waals surface area contributed by atoms with Crippen molar-refractivity contribution in [3.05, 3.63) is 29.8 Å². The molecule has 2 fully saturated rings. The Balaban J connectivity index is 0.000000638. The number of piperazine rings is 1. The van der Waals surface area contributed by atoms with E-state index in [9.17, 15) is 30.0 Å². The second-order valence-electron chi connectivity index (χ2n) is 9.07. The number of carboxylic acid groups (broad SMARTS) is 1. The highest BCUT2D eigenvalue weighted by atomic mass is 32.2. The highest BCUT2D eigenvalue weighted by Crippen LogP contribution is 2.33. The highest BCUT2D eigenvalue weighted by molar-refractivity contribution is 7.90. The Labute approximate surface area is 222 Å². The van der Waals surface area contributed by atoms with E-state index < -0.39 is 32.2 Å². The summed E-state index contributed by atoms with van der Waals surface area (Å²) in [5.74, 6) is -2.50. The molecule has 1 heterocycles. The Bertz CT molecular complexity index is 1090. The first kappa shape index (κ1) is 32.4. The van der Waals surface area contributed by atoms with Gasteiger partial charge in [0.05, 0.1) is 17.3 Å². The van der Waals surface area contributed by atoms with E-state index in [0.29, 0.717) is 32.1 Å². The lowest BCUT2D eigenvalue weighted by Crippen LogP contribution is -2.48. The van der Waals surface area contributed by atoms with Gasteiger partial charge in [0.2, 0.25) is 20.0 Å². The minimum absolute atomic E-state index is 0.0949. The number of benzene rings is 1. The number of sulfonamides is 2. The number of carbonyl (C=O) groups is 1. The molecule has 2 N–H and O–H groups in total. The number of methoxy groups -OCH3 is 1. The molecule has 218 valence electrons. The smallest absolute Gasteiger partial charge is 0.475 e. The fourth-order valence-corrected chi connectivity index (χ4v) is 7.30. The molecular weight excluding hydrogens is 551 g/mol. The molecule has 0 amide bonds. The molecule has 38 heavy (non-hydrogen) atoms. The van der Waals surface area contributed by atoms with Crippen LogP contribution in [0.4, 0.5) is 13.2 Å². The maximum Gasteiger partial charge on any atom is 0.490 e. The van der Waals surface area contributed by atoms with E-state index in [0.717, 1.165) is 12.8 Å². The number of nitrogens with one attached hydrogen (secondary N) is 1. The molecule has 1 saturated heterocycles. The van der Waals surface area contributed by atoms with Gasteiger partial charge in [0.25, 0.3) is 0 Å². The number of aliphatic carboxylic acids is 1. The summed E-state index contributed by atoms with van der Waals surface area (Å²) >= 11 is 0. The van der Waals surface area contributed by atoms with Gasteiger partial charge >= 0.3 is 12.1 Å². The molecular formula is C23H36F3N3O7S2. The van der Waals surface area contributed by atoms with Crippen molar-refractivity contribution in [1.29, 1.82) is 0 Å². The number of hydrogen-bond donors (Lipinski definition) is 2. The van der Waals surface area contributed by atoms with Gasteiger partial charge in [0.1, 0.15) is 0 Å². The van der Waals surface area contributed by atoms with Gasteiger partial charge in [-0.1, -0.05) is 31.4 Å². The zero-order chi connectivity index (χ0) is 28.4. The zero-order valence-corrected chi connectivity index (χ0v) is 23.0. The number of hydrogen-bond acceptors (Lipinski definition) is 7. The molecule has 0 aromatic heterocycles. The van der Waals surface area contributed by atoms with E-state index in [1.807, 2.05) is 12.1 Å². The largest absolute Gasteiger partial charge is 0.490 e. The Kier molecular flexibility index (Phi) is 12.4. The lowest BCUT2D eigenvalue weighted by molar-refractivity contribution is -0.192. The molecule has 0 atom stereocenters. The number of rotatable bonds is 10. The fourth-order valence-electron chi connectivity index (χ4n) is 4.31. The minimum atomic E-state index is -5.08. The topological polar surface area (TPSA) is 133 Å². The van der Waals surface area contributed by atoms with Gasteiger partial charge in [-0.3, -0.25) is 0 Å². The molecule has 3 rings (SSSR count). The molecule has 0 bridgehead atoms. The second kappa shape index (κ2) is 14.6. The van der Waals surface area contributed by atoms with Crippen molar-refractivity contribution in [3.8, 4) is 0 Å². The number of ether oxygens (including phenoxy) is 1. The summed E-state index contributed by atoms with van der Waals surface area (Å²) in [4.78, 5) is 9.09. The first-order valence-electron chi connectivity index (χ1n) is 12.4. The lowest BCUT2D eigenvalue weighted by Gasteiger charge is -2.28. The predicted octanol–water partition coefficient (Wildman–Crippen LogP) is 2.24. The molecule has 0 spiro atoms. The van der Waals surface area contributed by atoms with Crippen molar-refractivity contribution in [2.24, 2.45) is 0 Å². The summed E-state index contributed by atoms with van der Waals surface area (Å²) in [5, 5.41) is 10.2. The van der Waals surface area contributed by atoms with Crippen LogP contribution >= 0.6 is 0 Å². The van der Waals surface area contributed by atoms with E-state index in [1.54, 1.807) is 12.1 Å². The first-order valence-corrected chi connectivity index (χ1v) is 15.4. The van der Waals surface area contributed by atoms with Gasteiger partial charge < -0.3 is 15.2 Å². The molecule has 15 heteroatoms. The summed E-state index contributed by atoms with van der Waals surface area (Å²) in [7, 11) is -5.84. The summed E-state index contributed by atoms with van der Waals surface area (Å²) in [6.07, 6.45) is 0.925. The predicted molar refractivity (Wildman–Crippen MR) is 135 cm³/mol. The Morgan fingerprint density at radius 2 is 1.61 bits per heavy atom. The molecule has 1 saturated carbocycles. The van der Waals surface area contributed by atoms with Crippen molar-refractivity contribution in [2.45, 2.75) is 49.1 Å². The average molecular weight is 588 g/mol. The van der Waals surface area contributed by atoms with Crippen LogP contribution in [-0.4, -0.2) is 101 Å². The van der Waals surface area contributed by atoms with E-state index >= 15 is 0 Å². The van der Waals surface area contributed by atoms with Crippen LogP contribution in [0.1, 0.15) is 43.6 Å². The van der Waals surface area contributed by atoms with Crippen LogP contribution in [0.5, 0.6) is 0 Å². The van der Waals surface area contributed by atoms with Crippen molar-refractivity contribution in [1.82, 2.24) is 13.9 Å². The van der Waals surface area contributed by atoms with Crippen LogP contribution in [0.2, 0.25) is 0 Å². The molecule has 1 aromatic rings. The highest BCUT2D eigenvalue weighted by Gasteiger charge is 2.38. The van der Waals surface area contributed by atoms with Crippen molar-refractivity contribution in [2.75, 3.05) is 58.7 Å². The van der Waals surface area contributed by atoms with Gasteiger partial charge in [-0.05, 0) is 36.5 Å². The normalized spacial score (nSPS) is 18.1. The van der Waals surface area contributed by atoms with Crippen molar-refractivity contribution in [3.63, 3.8) is 0 Å². The van der Waals surface area contributed by atoms with Gasteiger partial charge in [-0.25, -0.2) is 21.6 Å². The van der Waals surface area contributed by atoms with E-state index in [1.165, 1.54) is 40.5 Å². The van der Waals surface area contributed by atoms with Gasteiger partial charge in [0, 0.05) is 46.4 Å². The Morgan fingerprint density at radius 3 is 2.11 bits per heavy atom. The summed E-state index contributed by atoms with van der Waals surface area (Å²) in [5.41, 5.74) is 1.18. The van der Waals surface area contributed by atoms with E-state index in [-0.39, 0.29) is 30.3 Å². The summed E-state index contributed by atoms with van der Waals surface area (Å²) in [6.45, 7) is 2.26. The van der Waals surface area contributed by atoms with Crippen LogP contribution in [0.3, 0.4) is 0 Å². The molecule has 0 radical (unpaired) electrons. The zero-order valence-electron chi connectivity index (χ0n) is 21.3. The number of halogens is 3. The molecule has 10 nitrogen and oxygen atoms in total. The fraction of sp³-hybridized carbons (Fsp3) is 0.696. The first-order chi connectivity index (χ1) is 17.8. The van der Waals surface area contributed by atoms with Crippen LogP contribution in [0, 0.1) is 0 Å². The van der Waals surface area contributed by atoms with Crippen LogP contribution in [-0.2, 0) is 29.6 Å². The van der Waals surface area contributed by atoms with Crippen LogP contribution in [0.15, 0.2) is 29.2 Å². The summed E-state index contributed by atoms with van der Waals surface area (Å²) < 4.78 is 91.4. The van der Waals surface area contributed by atoms with Crippen molar-refractivity contribution < 1.29 is 44.6 Å². The molecule has 0 unspecified atom stereocenters. The maximum atomic E-state index is 13.3. The Hall–Kier alpha value is -1.78. The van der Waals surface area contributed by atoms with Gasteiger partial charge in [-0.15, -0.1) is 0 Å². The van der Waals surface area contributed by atoms with Gasteiger partial charge in [-0.2, -0.15) is 21.8 Å². The van der Waals surface area contributed by atoms with Gasteiger partial charge in [0.15, 0.2) is 0 Å². The quantitative estimate of drug-likeness (QED) is 0.426. The molecule has 1 aromatic carbocycles. The summed E-state index contributed by atoms with van der Waals surface area (Å²) in [6, 6.07) is 7.14.